The Labute approximate surface area is 212 Å². The lowest BCUT2D eigenvalue weighted by Gasteiger charge is -2.18. The van der Waals surface area contributed by atoms with Crippen molar-refractivity contribution in [3.05, 3.63) is 58.1 Å². The van der Waals surface area contributed by atoms with Crippen molar-refractivity contribution in [3.8, 4) is 0 Å². The van der Waals surface area contributed by atoms with Crippen molar-refractivity contribution in [1.29, 1.82) is 0 Å². The Morgan fingerprint density at radius 1 is 0.879 bits per heavy atom. The summed E-state index contributed by atoms with van der Waals surface area (Å²) in [7, 11) is 0. The van der Waals surface area contributed by atoms with Gasteiger partial charge >= 0.3 is 0 Å². The van der Waals surface area contributed by atoms with Crippen LogP contribution in [0.3, 0.4) is 0 Å². The highest BCUT2D eigenvalue weighted by Gasteiger charge is 2.28. The number of Topliss-reactive ketones (excluding diaryl/α,β-unsaturated/α-hetero) is 2. The minimum Gasteiger partial charge on any atom is -0.289 e. The van der Waals surface area contributed by atoms with Gasteiger partial charge in [0.15, 0.2) is 11.6 Å². The van der Waals surface area contributed by atoms with Gasteiger partial charge in [0.05, 0.1) is 5.48 Å². The van der Waals surface area contributed by atoms with Gasteiger partial charge in [-0.2, -0.15) is 0 Å². The van der Waals surface area contributed by atoms with Crippen molar-refractivity contribution in [2.75, 3.05) is 0 Å². The molecule has 0 N–H and O–H groups in total. The average Bonchev–Trinajstić information content (AvgIpc) is 2.85. The molecule has 2 atom stereocenters. The van der Waals surface area contributed by atoms with Crippen LogP contribution < -0.4 is 0 Å². The van der Waals surface area contributed by atoms with E-state index >= 15 is 0 Å². The molecule has 0 fully saturated rings. The highest BCUT2D eigenvalue weighted by Crippen LogP contribution is 2.29. The topological polar surface area (TPSA) is 34.1 Å². The Morgan fingerprint density at radius 3 is 2.00 bits per heavy atom. The van der Waals surface area contributed by atoms with E-state index in [0.717, 1.165) is 36.7 Å². The molecule has 1 aliphatic carbocycles. The van der Waals surface area contributed by atoms with E-state index in [4.69, 9.17) is 9.60 Å². The zero-order valence-corrected chi connectivity index (χ0v) is 21.2. The Morgan fingerprint density at radius 2 is 1.42 bits per heavy atom. The van der Waals surface area contributed by atoms with Gasteiger partial charge in [0.25, 0.3) is 0 Å². The fourth-order valence-corrected chi connectivity index (χ4v) is 4.46. The van der Waals surface area contributed by atoms with Crippen LogP contribution in [-0.4, -0.2) is 11.6 Å². The maximum atomic E-state index is 13.4. The molecular formula is C31H46O2. The molecule has 182 valence electrons. The summed E-state index contributed by atoms with van der Waals surface area (Å²) < 4.78 is 55.7. The molecule has 0 amide bonds. The normalized spacial score (nSPS) is 19.8. The van der Waals surface area contributed by atoms with Crippen molar-refractivity contribution in [2.45, 2.75) is 106 Å². The van der Waals surface area contributed by atoms with Crippen LogP contribution >= 0.6 is 0 Å². The second kappa shape index (κ2) is 13.7. The van der Waals surface area contributed by atoms with E-state index in [9.17, 15) is 9.59 Å². The number of carbonyl (C=O) groups excluding carboxylic acids is 2. The van der Waals surface area contributed by atoms with E-state index in [1.165, 1.54) is 38.5 Å². The summed E-state index contributed by atoms with van der Waals surface area (Å²) >= 11 is 0. The Bertz CT molecular complexity index is 1150. The smallest absolute Gasteiger partial charge is 0.190 e. The molecule has 0 aliphatic heterocycles. The molecule has 2 heteroatoms. The maximum absolute atomic E-state index is 13.4. The molecule has 0 heterocycles. The van der Waals surface area contributed by atoms with Gasteiger partial charge in [-0.3, -0.25) is 9.59 Å². The SMILES string of the molecule is [2H]c1c([2H])c([2H])c2c(c1[2H])C(=O)C(C/C=C(\C)CCC[C@H](C)CCC[C@H](C)CCCC(C)C)=C(C([2H])([2H])[2H])C2=O. The molecule has 0 unspecified atom stereocenters. The first-order valence-corrected chi connectivity index (χ1v) is 12.7. The summed E-state index contributed by atoms with van der Waals surface area (Å²) in [5.41, 5.74) is -0.855. The first kappa shape index (κ1) is 18.4. The lowest BCUT2D eigenvalue weighted by molar-refractivity contribution is 0.0973. The van der Waals surface area contributed by atoms with Crippen LogP contribution in [0.15, 0.2) is 47.0 Å². The molecule has 2 nitrogen and oxygen atoms in total. The fraction of sp³-hybridized carbons (Fsp3) is 0.613. The summed E-state index contributed by atoms with van der Waals surface area (Å²) in [5.74, 6) is 0.321. The van der Waals surface area contributed by atoms with Crippen molar-refractivity contribution in [3.63, 3.8) is 0 Å². The van der Waals surface area contributed by atoms with Gasteiger partial charge in [0, 0.05) is 26.4 Å². The van der Waals surface area contributed by atoms with Gasteiger partial charge in [0.2, 0.25) is 0 Å². The van der Waals surface area contributed by atoms with Crippen LogP contribution in [-0.2, 0) is 0 Å². The number of allylic oxidation sites excluding steroid dienone is 4. The lowest BCUT2D eigenvalue weighted by atomic mass is 9.83. The van der Waals surface area contributed by atoms with E-state index in [2.05, 4.69) is 27.7 Å². The van der Waals surface area contributed by atoms with Gasteiger partial charge in [0.1, 0.15) is 0 Å². The number of rotatable bonds is 14. The van der Waals surface area contributed by atoms with Crippen LogP contribution in [0.1, 0.15) is 136 Å². The predicted octanol–water partition coefficient (Wildman–Crippen LogP) is 9.16. The number of hydrogen-bond acceptors (Lipinski definition) is 2. The van der Waals surface area contributed by atoms with Crippen LogP contribution in [0.2, 0.25) is 0 Å². The Hall–Kier alpha value is -1.96. The van der Waals surface area contributed by atoms with E-state index in [-0.39, 0.29) is 12.0 Å². The average molecular weight is 458 g/mol. The first-order valence-electron chi connectivity index (χ1n) is 16.2. The minimum absolute atomic E-state index is 0.0729. The standard InChI is InChI=1S/C31H46O2/c1-22(2)12-9-13-23(3)14-10-15-24(4)16-11-17-25(5)20-21-27-26(6)30(32)28-18-7-8-19-29(28)31(27)33/h7-8,18-20,22-24H,9-17,21H2,1-6H3/b25-20+/t23-,24-/m1/s1/i6D3,7D,8D,18D,19D. The summed E-state index contributed by atoms with van der Waals surface area (Å²) in [6.45, 7) is 8.22. The number of benzene rings is 1. The number of ketones is 2. The molecule has 0 saturated carbocycles. The molecule has 1 aromatic rings. The maximum Gasteiger partial charge on any atom is 0.190 e. The van der Waals surface area contributed by atoms with E-state index in [1.807, 2.05) is 6.92 Å². The van der Waals surface area contributed by atoms with Gasteiger partial charge in [-0.25, -0.2) is 0 Å². The first-order chi connectivity index (χ1) is 18.6. The van der Waals surface area contributed by atoms with Gasteiger partial charge in [-0.05, 0) is 50.8 Å². The van der Waals surface area contributed by atoms with Gasteiger partial charge in [-0.1, -0.05) is 108 Å². The van der Waals surface area contributed by atoms with E-state index in [0.29, 0.717) is 5.92 Å². The monoisotopic (exact) mass is 457 g/mol. The quantitative estimate of drug-likeness (QED) is 0.261. The zero-order valence-electron chi connectivity index (χ0n) is 28.2. The summed E-state index contributed by atoms with van der Waals surface area (Å²) in [6.07, 6.45) is 12.2. The van der Waals surface area contributed by atoms with Gasteiger partial charge in [-0.15, -0.1) is 0 Å². The van der Waals surface area contributed by atoms with Gasteiger partial charge < -0.3 is 0 Å². The molecule has 2 rings (SSSR count). The molecule has 0 bridgehead atoms. The zero-order chi connectivity index (χ0) is 30.4. The minimum atomic E-state index is -2.89. The van der Waals surface area contributed by atoms with Crippen molar-refractivity contribution in [2.24, 2.45) is 17.8 Å². The summed E-state index contributed by atoms with van der Waals surface area (Å²) in [5, 5.41) is 0. The molecular weight excluding hydrogens is 404 g/mol. The third kappa shape index (κ3) is 8.72. The predicted molar refractivity (Wildman–Crippen MR) is 141 cm³/mol. The molecule has 0 saturated heterocycles. The number of hydrogen-bond donors (Lipinski definition) is 0. The molecule has 33 heavy (non-hydrogen) atoms. The van der Waals surface area contributed by atoms with Crippen molar-refractivity contribution < 1.29 is 19.2 Å². The third-order valence-corrected chi connectivity index (χ3v) is 6.74. The van der Waals surface area contributed by atoms with E-state index < -0.39 is 59.3 Å². The van der Waals surface area contributed by atoms with Crippen molar-refractivity contribution in [1.82, 2.24) is 0 Å². The summed E-state index contributed by atoms with van der Waals surface area (Å²) in [4.78, 5) is 26.6. The molecule has 0 aromatic heterocycles. The molecule has 0 radical (unpaired) electrons. The van der Waals surface area contributed by atoms with E-state index in [1.54, 1.807) is 6.08 Å². The third-order valence-electron chi connectivity index (χ3n) is 6.74. The largest absolute Gasteiger partial charge is 0.289 e. The highest BCUT2D eigenvalue weighted by atomic mass is 16.1. The highest BCUT2D eigenvalue weighted by molar-refractivity contribution is 6.26. The lowest BCUT2D eigenvalue weighted by Crippen LogP contribution is -2.20. The summed E-state index contributed by atoms with van der Waals surface area (Å²) in [6, 6.07) is -2.59. The van der Waals surface area contributed by atoms with Crippen LogP contribution in [0.5, 0.6) is 0 Å². The number of fused-ring (bicyclic) bond motifs is 1. The second-order valence-corrected chi connectivity index (χ2v) is 10.4. The molecule has 1 aliphatic rings. The Balaban J connectivity index is 2.02. The second-order valence-electron chi connectivity index (χ2n) is 10.4. The van der Waals surface area contributed by atoms with Crippen molar-refractivity contribution >= 4 is 11.6 Å². The number of carbonyl (C=O) groups is 2. The molecule has 1 aromatic carbocycles. The fourth-order valence-electron chi connectivity index (χ4n) is 4.46. The van der Waals surface area contributed by atoms with Crippen LogP contribution in [0, 0.1) is 17.8 Å². The van der Waals surface area contributed by atoms with Crippen LogP contribution in [0.4, 0.5) is 0 Å². The van der Waals surface area contributed by atoms with Crippen LogP contribution in [0.25, 0.3) is 0 Å². The molecule has 0 spiro atoms. The Kier molecular flexibility index (Phi) is 7.62.